The SMILES string of the molecule is C=C1CC(OC(C)=O)[C@H](C(C)(C)O)[C@]2(C)C=C[C@H](C)[C@H]2CCCC[C@@H]1OC(C)=O. The number of ether oxygens (including phenoxy) is 2. The molecule has 1 unspecified atom stereocenters. The van der Waals surface area contributed by atoms with E-state index >= 15 is 0 Å². The lowest BCUT2D eigenvalue weighted by Gasteiger charge is -2.48. The molecule has 0 aromatic heterocycles. The summed E-state index contributed by atoms with van der Waals surface area (Å²) in [5.41, 5.74) is -0.663. The van der Waals surface area contributed by atoms with Gasteiger partial charge in [0.1, 0.15) is 12.2 Å². The van der Waals surface area contributed by atoms with Crippen LogP contribution in [0, 0.1) is 23.2 Å². The van der Waals surface area contributed by atoms with Gasteiger partial charge in [0.25, 0.3) is 0 Å². The fraction of sp³-hybridized carbons (Fsp3) is 0.750. The van der Waals surface area contributed by atoms with E-state index in [2.05, 4.69) is 32.6 Å². The minimum absolute atomic E-state index is 0.320. The highest BCUT2D eigenvalue weighted by molar-refractivity contribution is 5.67. The third-order valence-electron chi connectivity index (χ3n) is 6.77. The molecule has 0 aromatic rings. The molecule has 29 heavy (non-hydrogen) atoms. The van der Waals surface area contributed by atoms with Crippen molar-refractivity contribution in [3.63, 3.8) is 0 Å². The van der Waals surface area contributed by atoms with Crippen LogP contribution in [-0.2, 0) is 19.1 Å². The highest BCUT2D eigenvalue weighted by atomic mass is 16.5. The maximum Gasteiger partial charge on any atom is 0.303 e. The fourth-order valence-electron chi connectivity index (χ4n) is 5.78. The monoisotopic (exact) mass is 406 g/mol. The molecule has 0 aromatic carbocycles. The number of hydrogen-bond donors (Lipinski definition) is 1. The van der Waals surface area contributed by atoms with Gasteiger partial charge in [-0.2, -0.15) is 0 Å². The van der Waals surface area contributed by atoms with Crippen molar-refractivity contribution < 1.29 is 24.2 Å². The van der Waals surface area contributed by atoms with Crippen molar-refractivity contribution >= 4 is 11.9 Å². The smallest absolute Gasteiger partial charge is 0.303 e. The van der Waals surface area contributed by atoms with Crippen LogP contribution in [0.5, 0.6) is 0 Å². The molecule has 0 aliphatic heterocycles. The van der Waals surface area contributed by atoms with Crippen molar-refractivity contribution in [2.45, 2.75) is 91.5 Å². The number of carbonyl (C=O) groups is 2. The first-order valence-corrected chi connectivity index (χ1v) is 10.8. The Morgan fingerprint density at radius 1 is 1.17 bits per heavy atom. The quantitative estimate of drug-likeness (QED) is 0.548. The van der Waals surface area contributed by atoms with Gasteiger partial charge in [-0.25, -0.2) is 0 Å². The number of carbonyl (C=O) groups excluding carboxylic acids is 2. The lowest BCUT2D eigenvalue weighted by Crippen LogP contribution is -2.52. The maximum absolute atomic E-state index is 12.0. The molecule has 1 fully saturated rings. The molecule has 5 heteroatoms. The van der Waals surface area contributed by atoms with Crippen molar-refractivity contribution in [2.75, 3.05) is 0 Å². The second-order valence-electron chi connectivity index (χ2n) is 9.71. The van der Waals surface area contributed by atoms with Gasteiger partial charge in [-0.15, -0.1) is 0 Å². The van der Waals surface area contributed by atoms with E-state index in [1.165, 1.54) is 13.8 Å². The van der Waals surface area contributed by atoms with Gasteiger partial charge in [0.2, 0.25) is 0 Å². The van der Waals surface area contributed by atoms with Gasteiger partial charge in [-0.05, 0) is 55.9 Å². The van der Waals surface area contributed by atoms with E-state index in [9.17, 15) is 14.7 Å². The van der Waals surface area contributed by atoms with Crippen LogP contribution in [-0.4, -0.2) is 34.9 Å². The van der Waals surface area contributed by atoms with Crippen LogP contribution in [0.15, 0.2) is 24.3 Å². The predicted octanol–water partition coefficient (Wildman–Crippen LogP) is 4.59. The van der Waals surface area contributed by atoms with Crippen LogP contribution >= 0.6 is 0 Å². The van der Waals surface area contributed by atoms with Crippen LogP contribution in [0.1, 0.15) is 73.6 Å². The van der Waals surface area contributed by atoms with Gasteiger partial charge in [0, 0.05) is 26.2 Å². The van der Waals surface area contributed by atoms with Crippen LogP contribution in [0.3, 0.4) is 0 Å². The average Bonchev–Trinajstić information content (AvgIpc) is 2.82. The molecule has 2 aliphatic carbocycles. The van der Waals surface area contributed by atoms with Crippen molar-refractivity contribution in [3.05, 3.63) is 24.3 Å². The Morgan fingerprint density at radius 2 is 1.76 bits per heavy atom. The summed E-state index contributed by atoms with van der Waals surface area (Å²) >= 11 is 0. The zero-order chi connectivity index (χ0) is 22.0. The minimum atomic E-state index is -1.08. The first kappa shape index (κ1) is 23.7. The highest BCUT2D eigenvalue weighted by Gasteiger charge is 2.53. The zero-order valence-electron chi connectivity index (χ0n) is 18.9. The molecule has 0 saturated heterocycles. The molecular weight excluding hydrogens is 368 g/mol. The molecule has 0 spiro atoms. The topological polar surface area (TPSA) is 72.8 Å². The van der Waals surface area contributed by atoms with E-state index in [1.807, 2.05) is 0 Å². The summed E-state index contributed by atoms with van der Waals surface area (Å²) in [5, 5.41) is 11.2. The van der Waals surface area contributed by atoms with Gasteiger partial charge in [-0.3, -0.25) is 9.59 Å². The number of rotatable bonds is 3. The van der Waals surface area contributed by atoms with Crippen molar-refractivity contribution in [1.29, 1.82) is 0 Å². The first-order chi connectivity index (χ1) is 13.4. The Hall–Kier alpha value is -1.62. The summed E-state index contributed by atoms with van der Waals surface area (Å²) in [5.74, 6) is -0.315. The van der Waals surface area contributed by atoms with E-state index in [4.69, 9.17) is 9.47 Å². The minimum Gasteiger partial charge on any atom is -0.462 e. The second kappa shape index (κ2) is 9.03. The van der Waals surface area contributed by atoms with Crippen molar-refractivity contribution in [2.24, 2.45) is 23.2 Å². The summed E-state index contributed by atoms with van der Waals surface area (Å²) in [6.07, 6.45) is 7.51. The Balaban J connectivity index is 2.52. The number of allylic oxidation sites excluding steroid dienone is 2. The molecule has 0 bridgehead atoms. The van der Waals surface area contributed by atoms with Gasteiger partial charge in [0.05, 0.1) is 5.60 Å². The average molecular weight is 407 g/mol. The Labute approximate surface area is 175 Å². The van der Waals surface area contributed by atoms with Crippen LogP contribution < -0.4 is 0 Å². The fourth-order valence-corrected chi connectivity index (χ4v) is 5.78. The number of fused-ring (bicyclic) bond motifs is 1. The van der Waals surface area contributed by atoms with E-state index in [1.54, 1.807) is 13.8 Å². The lowest BCUT2D eigenvalue weighted by atomic mass is 9.59. The Kier molecular flexibility index (Phi) is 7.37. The third-order valence-corrected chi connectivity index (χ3v) is 6.77. The van der Waals surface area contributed by atoms with Gasteiger partial charge >= 0.3 is 11.9 Å². The predicted molar refractivity (Wildman–Crippen MR) is 113 cm³/mol. The van der Waals surface area contributed by atoms with E-state index < -0.39 is 17.8 Å². The molecule has 0 radical (unpaired) electrons. The van der Waals surface area contributed by atoms with Gasteiger partial charge in [0.15, 0.2) is 0 Å². The molecule has 1 N–H and O–H groups in total. The normalized spacial score (nSPS) is 36.1. The van der Waals surface area contributed by atoms with E-state index in [0.29, 0.717) is 24.7 Å². The van der Waals surface area contributed by atoms with Crippen molar-refractivity contribution in [1.82, 2.24) is 0 Å². The maximum atomic E-state index is 12.0. The summed E-state index contributed by atoms with van der Waals surface area (Å²) in [6.45, 7) is 15.0. The lowest BCUT2D eigenvalue weighted by molar-refractivity contribution is -0.165. The molecule has 2 aliphatic rings. The number of aliphatic hydroxyl groups is 1. The van der Waals surface area contributed by atoms with Crippen LogP contribution in [0.2, 0.25) is 0 Å². The highest BCUT2D eigenvalue weighted by Crippen LogP contribution is 2.54. The number of esters is 2. The summed E-state index contributed by atoms with van der Waals surface area (Å²) in [4.78, 5) is 23.6. The van der Waals surface area contributed by atoms with E-state index in [0.717, 1.165) is 24.8 Å². The third kappa shape index (κ3) is 5.50. The van der Waals surface area contributed by atoms with E-state index in [-0.39, 0.29) is 23.3 Å². The molecule has 1 saturated carbocycles. The molecule has 164 valence electrons. The molecule has 5 nitrogen and oxygen atoms in total. The largest absolute Gasteiger partial charge is 0.462 e. The Morgan fingerprint density at radius 3 is 2.31 bits per heavy atom. The molecule has 2 rings (SSSR count). The van der Waals surface area contributed by atoms with Crippen LogP contribution in [0.25, 0.3) is 0 Å². The summed E-state index contributed by atoms with van der Waals surface area (Å²) < 4.78 is 11.3. The second-order valence-corrected chi connectivity index (χ2v) is 9.71. The van der Waals surface area contributed by atoms with Crippen LogP contribution in [0.4, 0.5) is 0 Å². The number of hydrogen-bond acceptors (Lipinski definition) is 5. The first-order valence-electron chi connectivity index (χ1n) is 10.8. The van der Waals surface area contributed by atoms with Gasteiger partial charge < -0.3 is 14.6 Å². The molecule has 6 atom stereocenters. The molecule has 0 amide bonds. The van der Waals surface area contributed by atoms with Crippen molar-refractivity contribution in [3.8, 4) is 0 Å². The zero-order valence-corrected chi connectivity index (χ0v) is 18.9. The summed E-state index contributed by atoms with van der Waals surface area (Å²) in [7, 11) is 0. The molecule has 0 heterocycles. The molecular formula is C24H38O5. The Bertz CT molecular complexity index is 659. The standard InChI is InChI=1S/C24H38O5/c1-15-12-13-24(7)19(15)10-8-9-11-20(28-17(3)25)16(2)14-21(29-18(4)26)22(24)23(5,6)27/h12-13,15,19-22,27H,2,8-11,14H2,1,3-7H3/t15-,19+,20-,21?,22+,24+/m0/s1. The summed E-state index contributed by atoms with van der Waals surface area (Å²) in [6, 6.07) is 0. The van der Waals surface area contributed by atoms with Gasteiger partial charge in [-0.1, -0.05) is 39.0 Å².